The van der Waals surface area contributed by atoms with Gasteiger partial charge in [-0.1, -0.05) is 195 Å². The van der Waals surface area contributed by atoms with Crippen molar-refractivity contribution in [1.82, 2.24) is 4.90 Å². The van der Waals surface area contributed by atoms with E-state index in [-0.39, 0.29) is 12.6 Å². The molecule has 0 aromatic carbocycles. The van der Waals surface area contributed by atoms with Crippen LogP contribution in [0, 0.1) is 11.8 Å². The highest BCUT2D eigenvalue weighted by atomic mass is 16.5. The fourth-order valence-corrected chi connectivity index (χ4v) is 8.30. The molecule has 354 valence electrons. The van der Waals surface area contributed by atoms with E-state index in [9.17, 15) is 9.59 Å². The third-order valence-electron chi connectivity index (χ3n) is 12.3. The van der Waals surface area contributed by atoms with Crippen LogP contribution in [0.5, 0.6) is 0 Å². The van der Waals surface area contributed by atoms with E-state index in [2.05, 4.69) is 32.6 Å². The molecule has 0 spiro atoms. The van der Waals surface area contributed by atoms with Crippen molar-refractivity contribution < 1.29 is 24.2 Å². The second-order valence-corrected chi connectivity index (χ2v) is 18.2. The van der Waals surface area contributed by atoms with Gasteiger partial charge in [0.2, 0.25) is 0 Å². The van der Waals surface area contributed by atoms with Crippen LogP contribution in [-0.4, -0.2) is 68.8 Å². The average Bonchev–Trinajstić information content (AvgIpc) is 3.24. The van der Waals surface area contributed by atoms with Crippen molar-refractivity contribution in [3.63, 3.8) is 0 Å². The molecule has 2 atom stereocenters. The van der Waals surface area contributed by atoms with Gasteiger partial charge in [-0.15, -0.1) is 0 Å². The topological polar surface area (TPSA) is 76.1 Å². The fourth-order valence-electron chi connectivity index (χ4n) is 8.30. The molecule has 2 unspecified atom stereocenters. The van der Waals surface area contributed by atoms with Gasteiger partial charge < -0.3 is 24.3 Å². The summed E-state index contributed by atoms with van der Waals surface area (Å²) in [5, 5.41) is 9.14. The van der Waals surface area contributed by atoms with Crippen LogP contribution in [0.1, 0.15) is 272 Å². The molecule has 0 aromatic heterocycles. The second kappa shape index (κ2) is 53.2. The number of carbonyl (C=O) groups is 2. The summed E-state index contributed by atoms with van der Waals surface area (Å²) in [6, 6.07) is 0. The Kier molecular flexibility index (Phi) is 54.2. The zero-order valence-corrected chi connectivity index (χ0v) is 40.9. The quantitative estimate of drug-likeness (QED) is 0.0374. The number of aliphatic hydroxyl groups is 1. The Bertz CT molecular complexity index is 794. The van der Waals surface area contributed by atoms with Crippen molar-refractivity contribution in [3.8, 4) is 0 Å². The van der Waals surface area contributed by atoms with Crippen molar-refractivity contribution in [2.75, 3.05) is 46.6 Å². The van der Waals surface area contributed by atoms with Crippen LogP contribution in [0.2, 0.25) is 0 Å². The summed E-state index contributed by atoms with van der Waals surface area (Å²) < 4.78 is 11.1. The maximum absolute atomic E-state index is 12.4. The Balaban J connectivity index is 0. The third kappa shape index (κ3) is 49.6. The molecule has 1 N–H and O–H groups in total. The largest absolute Gasteiger partial charge is 0.465 e. The number of hydrogen-bond donors (Lipinski definition) is 1. The van der Waals surface area contributed by atoms with Crippen LogP contribution in [-0.2, 0) is 19.1 Å². The Hall–Kier alpha value is -0.980. The monoisotopic (exact) mass is 838 g/mol. The van der Waals surface area contributed by atoms with Crippen molar-refractivity contribution in [2.24, 2.45) is 11.8 Å². The third-order valence-corrected chi connectivity index (χ3v) is 12.3. The number of unbranched alkanes of at least 4 members (excludes halogenated alkanes) is 26. The standard InChI is InChI=1S/C36H71NO4.C17H36O/c1-3-5-7-9-13-19-27-35(26-18-8-6-4-2)34-41-36(40)28-20-14-12-16-22-30-37(31-23-25-33-39)29-21-15-10-11-17-24-32-38;1-4-6-8-10-11-13-15-17(16-18-3)14-12-9-7-5-2/h32,35,39H,3-31,33-34H2,1-2H3;17H,4-16H2,1-3H3. The number of esters is 1. The molecule has 0 saturated heterocycles. The van der Waals surface area contributed by atoms with E-state index in [1.165, 1.54) is 193 Å². The van der Waals surface area contributed by atoms with Gasteiger partial charge in [0.25, 0.3) is 0 Å². The Morgan fingerprint density at radius 1 is 0.475 bits per heavy atom. The molecule has 0 amide bonds. The highest BCUT2D eigenvalue weighted by Crippen LogP contribution is 2.21. The molecule has 0 saturated carbocycles. The van der Waals surface area contributed by atoms with Gasteiger partial charge in [0, 0.05) is 33.2 Å². The van der Waals surface area contributed by atoms with E-state index in [1.807, 2.05) is 7.11 Å². The van der Waals surface area contributed by atoms with E-state index >= 15 is 0 Å². The first-order valence-corrected chi connectivity index (χ1v) is 26.4. The summed E-state index contributed by atoms with van der Waals surface area (Å²) >= 11 is 0. The van der Waals surface area contributed by atoms with Crippen LogP contribution in [0.15, 0.2) is 0 Å². The summed E-state index contributed by atoms with van der Waals surface area (Å²) in [5.74, 6) is 1.37. The van der Waals surface area contributed by atoms with Crippen molar-refractivity contribution in [3.05, 3.63) is 0 Å². The molecule has 0 heterocycles. The lowest BCUT2D eigenvalue weighted by Gasteiger charge is -2.22. The van der Waals surface area contributed by atoms with Crippen LogP contribution >= 0.6 is 0 Å². The number of aldehydes is 1. The molecule has 0 radical (unpaired) electrons. The van der Waals surface area contributed by atoms with Crippen molar-refractivity contribution >= 4 is 12.3 Å². The maximum atomic E-state index is 12.4. The highest BCUT2D eigenvalue weighted by Gasteiger charge is 2.13. The molecular formula is C53H107NO5. The van der Waals surface area contributed by atoms with Gasteiger partial charge in [-0.2, -0.15) is 0 Å². The van der Waals surface area contributed by atoms with Crippen molar-refractivity contribution in [1.29, 1.82) is 0 Å². The van der Waals surface area contributed by atoms with Gasteiger partial charge in [-0.3, -0.25) is 4.79 Å². The lowest BCUT2D eigenvalue weighted by molar-refractivity contribution is -0.145. The Morgan fingerprint density at radius 2 is 0.831 bits per heavy atom. The number of methoxy groups -OCH3 is 1. The minimum absolute atomic E-state index is 0.00715. The van der Waals surface area contributed by atoms with E-state index in [0.29, 0.717) is 25.4 Å². The van der Waals surface area contributed by atoms with Crippen LogP contribution in [0.3, 0.4) is 0 Å². The van der Waals surface area contributed by atoms with E-state index in [0.717, 1.165) is 77.0 Å². The molecule has 0 fully saturated rings. The molecule has 0 aliphatic carbocycles. The minimum Gasteiger partial charge on any atom is -0.465 e. The van der Waals surface area contributed by atoms with Gasteiger partial charge in [-0.05, 0) is 95.7 Å². The van der Waals surface area contributed by atoms with Crippen molar-refractivity contribution in [2.45, 2.75) is 272 Å². The van der Waals surface area contributed by atoms with E-state index < -0.39 is 0 Å². The number of carbonyl (C=O) groups excluding carboxylic acids is 2. The summed E-state index contributed by atoms with van der Waals surface area (Å²) in [7, 11) is 1.85. The van der Waals surface area contributed by atoms with Gasteiger partial charge in [-0.25, -0.2) is 0 Å². The fraction of sp³-hybridized carbons (Fsp3) is 0.962. The summed E-state index contributed by atoms with van der Waals surface area (Å²) in [5.41, 5.74) is 0. The number of nitrogens with zero attached hydrogens (tertiary/aromatic N) is 1. The lowest BCUT2D eigenvalue weighted by Crippen LogP contribution is -2.27. The number of ether oxygens (including phenoxy) is 2. The Morgan fingerprint density at radius 3 is 1.25 bits per heavy atom. The normalized spacial score (nSPS) is 12.4. The highest BCUT2D eigenvalue weighted by molar-refractivity contribution is 5.69. The van der Waals surface area contributed by atoms with Gasteiger partial charge in [0.15, 0.2) is 0 Å². The van der Waals surface area contributed by atoms with E-state index in [1.54, 1.807) is 0 Å². The zero-order valence-electron chi connectivity index (χ0n) is 40.9. The van der Waals surface area contributed by atoms with Crippen LogP contribution in [0.25, 0.3) is 0 Å². The molecule has 59 heavy (non-hydrogen) atoms. The molecule has 0 bridgehead atoms. The predicted molar refractivity (Wildman–Crippen MR) is 258 cm³/mol. The zero-order chi connectivity index (χ0) is 43.5. The molecule has 0 rings (SSSR count). The molecule has 0 aliphatic rings. The number of hydrogen-bond acceptors (Lipinski definition) is 6. The van der Waals surface area contributed by atoms with Gasteiger partial charge in [0.1, 0.15) is 6.29 Å². The maximum Gasteiger partial charge on any atom is 0.305 e. The second-order valence-electron chi connectivity index (χ2n) is 18.2. The number of aliphatic hydroxyl groups excluding tert-OH is 1. The summed E-state index contributed by atoms with van der Waals surface area (Å²) in [6.07, 6.45) is 48.1. The van der Waals surface area contributed by atoms with Crippen LogP contribution in [0.4, 0.5) is 0 Å². The average molecular weight is 838 g/mol. The molecular weight excluding hydrogens is 731 g/mol. The SMILES string of the molecule is CCCCCCCCC(CCCCCC)COC.CCCCCCCCC(CCCCCC)COC(=O)CCCCCCCN(CCCCO)CCCCCCCC=O. The van der Waals surface area contributed by atoms with Crippen LogP contribution < -0.4 is 0 Å². The Labute approximate surface area is 370 Å². The summed E-state index contributed by atoms with van der Waals surface area (Å²) in [6.45, 7) is 14.3. The summed E-state index contributed by atoms with van der Waals surface area (Å²) in [4.78, 5) is 25.4. The van der Waals surface area contributed by atoms with Gasteiger partial charge >= 0.3 is 5.97 Å². The molecule has 0 aromatic rings. The molecule has 0 aliphatic heterocycles. The molecule has 6 heteroatoms. The predicted octanol–water partition coefficient (Wildman–Crippen LogP) is 15.8. The first kappa shape index (κ1) is 60.1. The first-order chi connectivity index (χ1) is 29.0. The number of rotatable bonds is 48. The minimum atomic E-state index is 0.00715. The smallest absolute Gasteiger partial charge is 0.305 e. The first-order valence-electron chi connectivity index (χ1n) is 26.4. The van der Waals surface area contributed by atoms with Gasteiger partial charge in [0.05, 0.1) is 6.61 Å². The molecule has 6 nitrogen and oxygen atoms in total. The van der Waals surface area contributed by atoms with E-state index in [4.69, 9.17) is 14.6 Å². The lowest BCUT2D eigenvalue weighted by atomic mass is 9.95.